The van der Waals surface area contributed by atoms with Crippen LogP contribution >= 0.6 is 0 Å². The monoisotopic (exact) mass is 321 g/mol. The Morgan fingerprint density at radius 1 is 1.30 bits per heavy atom. The van der Waals surface area contributed by atoms with Crippen molar-refractivity contribution in [3.05, 3.63) is 11.7 Å². The number of carbonyl (C=O) groups is 2. The molecule has 2 fully saturated rings. The fourth-order valence-corrected chi connectivity index (χ4v) is 3.58. The van der Waals surface area contributed by atoms with E-state index >= 15 is 0 Å². The summed E-state index contributed by atoms with van der Waals surface area (Å²) in [6.45, 7) is 2.68. The number of aliphatic carboxylic acids is 1. The van der Waals surface area contributed by atoms with Gasteiger partial charge in [0.15, 0.2) is 5.82 Å². The van der Waals surface area contributed by atoms with Gasteiger partial charge in [-0.25, -0.2) is 0 Å². The largest absolute Gasteiger partial charge is 0.481 e. The van der Waals surface area contributed by atoms with Gasteiger partial charge in [-0.15, -0.1) is 0 Å². The Morgan fingerprint density at radius 2 is 2.04 bits per heavy atom. The number of aromatic nitrogens is 2. The summed E-state index contributed by atoms with van der Waals surface area (Å²) in [6.07, 6.45) is 5.35. The zero-order valence-electron chi connectivity index (χ0n) is 13.4. The molecule has 0 aromatic carbocycles. The van der Waals surface area contributed by atoms with Gasteiger partial charge in [0.1, 0.15) is 0 Å². The van der Waals surface area contributed by atoms with E-state index in [9.17, 15) is 9.59 Å². The minimum Gasteiger partial charge on any atom is -0.481 e. The van der Waals surface area contributed by atoms with Crippen molar-refractivity contribution in [1.29, 1.82) is 0 Å². The van der Waals surface area contributed by atoms with Crippen molar-refractivity contribution in [2.75, 3.05) is 13.1 Å². The number of carboxylic acid groups (broad SMARTS) is 1. The standard InChI is InChI=1S/C16H23N3O4/c1-10-8-19(9-12(10)16(21)22)14(20)7-6-13-17-15(18-23-13)11-4-2-3-5-11/h10-12H,2-9H2,1H3,(H,21,22)/t10-,12-/m1/s1. The molecule has 2 aliphatic rings. The molecular weight excluding hydrogens is 298 g/mol. The first-order valence-corrected chi connectivity index (χ1v) is 8.37. The van der Waals surface area contributed by atoms with E-state index in [1.807, 2.05) is 6.92 Å². The zero-order valence-corrected chi connectivity index (χ0v) is 13.4. The van der Waals surface area contributed by atoms with Gasteiger partial charge in [0, 0.05) is 31.8 Å². The van der Waals surface area contributed by atoms with Gasteiger partial charge in [-0.05, 0) is 18.8 Å². The van der Waals surface area contributed by atoms with Gasteiger partial charge in [0.25, 0.3) is 0 Å². The van der Waals surface area contributed by atoms with Crippen LogP contribution in [0.5, 0.6) is 0 Å². The Balaban J connectivity index is 1.50. The molecule has 1 aliphatic carbocycles. The van der Waals surface area contributed by atoms with Crippen LogP contribution in [0, 0.1) is 11.8 Å². The molecule has 1 aromatic rings. The van der Waals surface area contributed by atoms with Crippen molar-refractivity contribution >= 4 is 11.9 Å². The number of carbonyl (C=O) groups excluding carboxylic acids is 1. The quantitative estimate of drug-likeness (QED) is 0.889. The molecule has 0 radical (unpaired) electrons. The summed E-state index contributed by atoms with van der Waals surface area (Å²) in [7, 11) is 0. The predicted octanol–water partition coefficient (Wildman–Crippen LogP) is 1.84. The molecule has 7 nitrogen and oxygen atoms in total. The molecule has 2 heterocycles. The van der Waals surface area contributed by atoms with Crippen molar-refractivity contribution in [2.24, 2.45) is 11.8 Å². The van der Waals surface area contributed by atoms with Gasteiger partial charge in [0.05, 0.1) is 5.92 Å². The van der Waals surface area contributed by atoms with Gasteiger partial charge in [-0.2, -0.15) is 4.98 Å². The Labute approximate surface area is 135 Å². The number of hydrogen-bond donors (Lipinski definition) is 1. The Kier molecular flexibility index (Phi) is 4.63. The van der Waals surface area contributed by atoms with Crippen LogP contribution in [0.4, 0.5) is 0 Å². The Morgan fingerprint density at radius 3 is 2.70 bits per heavy atom. The molecule has 2 atom stereocenters. The van der Waals surface area contributed by atoms with E-state index in [1.54, 1.807) is 4.90 Å². The van der Waals surface area contributed by atoms with E-state index in [2.05, 4.69) is 10.1 Å². The van der Waals surface area contributed by atoms with E-state index in [1.165, 1.54) is 12.8 Å². The van der Waals surface area contributed by atoms with E-state index in [-0.39, 0.29) is 18.2 Å². The predicted molar refractivity (Wildman–Crippen MR) is 80.7 cm³/mol. The normalized spacial score (nSPS) is 25.2. The molecule has 23 heavy (non-hydrogen) atoms. The summed E-state index contributed by atoms with van der Waals surface area (Å²) in [5.74, 6) is 0.337. The van der Waals surface area contributed by atoms with E-state index in [4.69, 9.17) is 9.63 Å². The summed E-state index contributed by atoms with van der Waals surface area (Å²) in [6, 6.07) is 0. The average molecular weight is 321 g/mol. The highest BCUT2D eigenvalue weighted by Crippen LogP contribution is 2.32. The Bertz CT molecular complexity index is 580. The van der Waals surface area contributed by atoms with Gasteiger partial charge in [-0.1, -0.05) is 24.9 Å². The lowest BCUT2D eigenvalue weighted by atomic mass is 9.99. The molecule has 0 bridgehead atoms. The fourth-order valence-electron chi connectivity index (χ4n) is 3.58. The maximum absolute atomic E-state index is 12.2. The van der Waals surface area contributed by atoms with Crippen molar-refractivity contribution in [2.45, 2.75) is 51.4 Å². The summed E-state index contributed by atoms with van der Waals surface area (Å²) in [5.41, 5.74) is 0. The minimum atomic E-state index is -0.828. The average Bonchev–Trinajstić information content (AvgIpc) is 3.24. The topological polar surface area (TPSA) is 96.5 Å². The van der Waals surface area contributed by atoms with Crippen LogP contribution in [0.15, 0.2) is 4.52 Å². The van der Waals surface area contributed by atoms with Crippen LogP contribution in [0.2, 0.25) is 0 Å². The number of aryl methyl sites for hydroxylation is 1. The lowest BCUT2D eigenvalue weighted by Crippen LogP contribution is -2.30. The summed E-state index contributed by atoms with van der Waals surface area (Å²) in [5, 5.41) is 13.2. The minimum absolute atomic E-state index is 0.00572. The molecule has 126 valence electrons. The number of likely N-dealkylation sites (tertiary alicyclic amines) is 1. The van der Waals surface area contributed by atoms with Crippen molar-refractivity contribution in [3.63, 3.8) is 0 Å². The fraction of sp³-hybridized carbons (Fsp3) is 0.750. The molecule has 1 saturated heterocycles. The van der Waals surface area contributed by atoms with E-state index in [0.29, 0.717) is 31.3 Å². The first-order chi connectivity index (χ1) is 11.0. The van der Waals surface area contributed by atoms with Gasteiger partial charge < -0.3 is 14.5 Å². The van der Waals surface area contributed by atoms with Crippen LogP contribution in [0.3, 0.4) is 0 Å². The number of rotatable bonds is 5. The SMILES string of the molecule is C[C@@H]1CN(C(=O)CCc2nc(C3CCCC3)no2)C[C@H]1C(=O)O. The molecule has 1 saturated carbocycles. The van der Waals surface area contributed by atoms with E-state index < -0.39 is 11.9 Å². The lowest BCUT2D eigenvalue weighted by molar-refractivity contribution is -0.142. The van der Waals surface area contributed by atoms with Crippen LogP contribution < -0.4 is 0 Å². The molecule has 0 unspecified atom stereocenters. The van der Waals surface area contributed by atoms with Crippen LogP contribution in [-0.2, 0) is 16.0 Å². The number of amides is 1. The lowest BCUT2D eigenvalue weighted by Gasteiger charge is -2.15. The highest BCUT2D eigenvalue weighted by atomic mass is 16.5. The van der Waals surface area contributed by atoms with Crippen LogP contribution in [0.25, 0.3) is 0 Å². The highest BCUT2D eigenvalue weighted by Gasteiger charge is 2.36. The third-order valence-electron chi connectivity index (χ3n) is 5.04. The molecule has 1 amide bonds. The second-order valence-corrected chi connectivity index (χ2v) is 6.75. The van der Waals surface area contributed by atoms with Gasteiger partial charge in [0.2, 0.25) is 11.8 Å². The van der Waals surface area contributed by atoms with Crippen LogP contribution in [0.1, 0.15) is 56.7 Å². The summed E-state index contributed by atoms with van der Waals surface area (Å²) < 4.78 is 5.24. The van der Waals surface area contributed by atoms with Crippen molar-refractivity contribution in [3.8, 4) is 0 Å². The van der Waals surface area contributed by atoms with Crippen molar-refractivity contribution in [1.82, 2.24) is 15.0 Å². The number of hydrogen-bond acceptors (Lipinski definition) is 5. The molecule has 1 aromatic heterocycles. The molecule has 1 aliphatic heterocycles. The maximum atomic E-state index is 12.2. The molecule has 7 heteroatoms. The molecule has 3 rings (SSSR count). The third kappa shape index (κ3) is 3.54. The number of carboxylic acids is 1. The third-order valence-corrected chi connectivity index (χ3v) is 5.04. The van der Waals surface area contributed by atoms with Crippen LogP contribution in [-0.4, -0.2) is 45.1 Å². The van der Waals surface area contributed by atoms with Gasteiger partial charge in [-0.3, -0.25) is 9.59 Å². The highest BCUT2D eigenvalue weighted by molar-refractivity contribution is 5.79. The summed E-state index contributed by atoms with van der Waals surface area (Å²) in [4.78, 5) is 29.4. The molecule has 1 N–H and O–H groups in total. The van der Waals surface area contributed by atoms with Crippen molar-refractivity contribution < 1.29 is 19.2 Å². The van der Waals surface area contributed by atoms with E-state index in [0.717, 1.165) is 18.7 Å². The second-order valence-electron chi connectivity index (χ2n) is 6.75. The number of nitrogens with zero attached hydrogens (tertiary/aromatic N) is 3. The first-order valence-electron chi connectivity index (χ1n) is 8.37. The van der Waals surface area contributed by atoms with Gasteiger partial charge >= 0.3 is 5.97 Å². The second kappa shape index (κ2) is 6.68. The first kappa shape index (κ1) is 16.0. The molecule has 0 spiro atoms. The maximum Gasteiger partial charge on any atom is 0.308 e. The molecular formula is C16H23N3O4. The zero-order chi connectivity index (χ0) is 16.4. The summed E-state index contributed by atoms with van der Waals surface area (Å²) >= 11 is 0. The Hall–Kier alpha value is -1.92. The smallest absolute Gasteiger partial charge is 0.308 e.